The Balaban J connectivity index is 1.81. The van der Waals surface area contributed by atoms with E-state index in [1.807, 2.05) is 24.3 Å². The third kappa shape index (κ3) is 4.54. The van der Waals surface area contributed by atoms with Crippen molar-refractivity contribution in [2.45, 2.75) is 26.5 Å². The molecule has 0 aliphatic rings. The van der Waals surface area contributed by atoms with Gasteiger partial charge in [-0.2, -0.15) is 4.98 Å². The standard InChI is InChI=1S/C13H16ClN3O2/c1-2-7-18-9-12-16-13(19-17-12)8-15-11-5-3-10(14)4-6-11/h3-6,15H,2,7-9H2,1H3. The van der Waals surface area contributed by atoms with Crippen LogP contribution in [0.1, 0.15) is 25.1 Å². The molecule has 0 aliphatic heterocycles. The molecule has 0 unspecified atom stereocenters. The van der Waals surface area contributed by atoms with E-state index in [-0.39, 0.29) is 0 Å². The Hall–Kier alpha value is -1.59. The maximum Gasteiger partial charge on any atom is 0.246 e. The van der Waals surface area contributed by atoms with Gasteiger partial charge in [0.25, 0.3) is 0 Å². The molecule has 0 radical (unpaired) electrons. The van der Waals surface area contributed by atoms with E-state index in [2.05, 4.69) is 22.4 Å². The summed E-state index contributed by atoms with van der Waals surface area (Å²) in [5, 5.41) is 7.72. The van der Waals surface area contributed by atoms with Gasteiger partial charge in [-0.15, -0.1) is 0 Å². The first-order chi connectivity index (χ1) is 9.28. The molecule has 1 N–H and O–H groups in total. The molecule has 1 heterocycles. The molecule has 19 heavy (non-hydrogen) atoms. The van der Waals surface area contributed by atoms with Crippen molar-refractivity contribution in [1.29, 1.82) is 0 Å². The van der Waals surface area contributed by atoms with Crippen LogP contribution >= 0.6 is 11.6 Å². The molecular formula is C13H16ClN3O2. The number of benzene rings is 1. The van der Waals surface area contributed by atoms with Gasteiger partial charge in [-0.05, 0) is 30.7 Å². The summed E-state index contributed by atoms with van der Waals surface area (Å²) in [6.07, 6.45) is 0.975. The summed E-state index contributed by atoms with van der Waals surface area (Å²) < 4.78 is 10.4. The number of hydrogen-bond donors (Lipinski definition) is 1. The lowest BCUT2D eigenvalue weighted by molar-refractivity contribution is 0.114. The third-order valence-electron chi connectivity index (χ3n) is 2.38. The highest BCUT2D eigenvalue weighted by Gasteiger charge is 2.05. The predicted octanol–water partition coefficient (Wildman–Crippen LogP) is 3.26. The lowest BCUT2D eigenvalue weighted by Gasteiger charge is -2.02. The Labute approximate surface area is 116 Å². The topological polar surface area (TPSA) is 60.2 Å². The molecule has 102 valence electrons. The Morgan fingerprint density at radius 2 is 2.11 bits per heavy atom. The van der Waals surface area contributed by atoms with Crippen LogP contribution in [-0.2, 0) is 17.9 Å². The van der Waals surface area contributed by atoms with Crippen molar-refractivity contribution in [2.75, 3.05) is 11.9 Å². The maximum absolute atomic E-state index is 5.81. The van der Waals surface area contributed by atoms with E-state index < -0.39 is 0 Å². The second kappa shape index (κ2) is 7.11. The van der Waals surface area contributed by atoms with Crippen LogP contribution in [0.4, 0.5) is 5.69 Å². The molecule has 0 spiro atoms. The van der Waals surface area contributed by atoms with E-state index in [0.29, 0.717) is 36.5 Å². The average Bonchev–Trinajstić information content (AvgIpc) is 2.86. The molecule has 0 atom stereocenters. The number of anilines is 1. The maximum atomic E-state index is 5.81. The summed E-state index contributed by atoms with van der Waals surface area (Å²) in [5.41, 5.74) is 0.950. The first kappa shape index (κ1) is 13.8. The van der Waals surface area contributed by atoms with Crippen molar-refractivity contribution in [1.82, 2.24) is 10.1 Å². The van der Waals surface area contributed by atoms with E-state index in [1.165, 1.54) is 0 Å². The number of ether oxygens (including phenoxy) is 1. The van der Waals surface area contributed by atoms with E-state index in [0.717, 1.165) is 12.1 Å². The fourth-order valence-electron chi connectivity index (χ4n) is 1.47. The predicted molar refractivity (Wildman–Crippen MR) is 73.0 cm³/mol. The van der Waals surface area contributed by atoms with E-state index in [9.17, 15) is 0 Å². The highest BCUT2D eigenvalue weighted by atomic mass is 35.5. The molecular weight excluding hydrogens is 266 g/mol. The molecule has 2 rings (SSSR count). The lowest BCUT2D eigenvalue weighted by Crippen LogP contribution is -2.00. The van der Waals surface area contributed by atoms with Gasteiger partial charge in [0.1, 0.15) is 6.61 Å². The summed E-state index contributed by atoms with van der Waals surface area (Å²) in [6, 6.07) is 7.43. The summed E-state index contributed by atoms with van der Waals surface area (Å²) in [6.45, 7) is 3.62. The highest BCUT2D eigenvalue weighted by Crippen LogP contribution is 2.14. The molecule has 0 fully saturated rings. The largest absolute Gasteiger partial charge is 0.376 e. The molecule has 0 amide bonds. The number of nitrogens with one attached hydrogen (secondary N) is 1. The third-order valence-corrected chi connectivity index (χ3v) is 2.63. The fraction of sp³-hybridized carbons (Fsp3) is 0.385. The highest BCUT2D eigenvalue weighted by molar-refractivity contribution is 6.30. The minimum Gasteiger partial charge on any atom is -0.376 e. The lowest BCUT2D eigenvalue weighted by atomic mass is 10.3. The summed E-state index contributed by atoms with van der Waals surface area (Å²) in [4.78, 5) is 4.22. The average molecular weight is 282 g/mol. The summed E-state index contributed by atoms with van der Waals surface area (Å²) in [7, 11) is 0. The van der Waals surface area contributed by atoms with Crippen molar-refractivity contribution < 1.29 is 9.26 Å². The first-order valence-electron chi connectivity index (χ1n) is 6.16. The van der Waals surface area contributed by atoms with Crippen LogP contribution in [0.25, 0.3) is 0 Å². The van der Waals surface area contributed by atoms with Gasteiger partial charge in [0.15, 0.2) is 5.82 Å². The van der Waals surface area contributed by atoms with E-state index in [4.69, 9.17) is 20.9 Å². The monoisotopic (exact) mass is 281 g/mol. The van der Waals surface area contributed by atoms with Gasteiger partial charge in [-0.3, -0.25) is 0 Å². The van der Waals surface area contributed by atoms with Crippen LogP contribution < -0.4 is 5.32 Å². The summed E-state index contributed by atoms with van der Waals surface area (Å²) >= 11 is 5.81. The molecule has 1 aromatic heterocycles. The molecule has 1 aromatic carbocycles. The Morgan fingerprint density at radius 1 is 1.32 bits per heavy atom. The number of aromatic nitrogens is 2. The fourth-order valence-corrected chi connectivity index (χ4v) is 1.60. The van der Waals surface area contributed by atoms with Crippen LogP contribution in [0.3, 0.4) is 0 Å². The molecule has 0 aliphatic carbocycles. The molecule has 0 bridgehead atoms. The van der Waals surface area contributed by atoms with Crippen molar-refractivity contribution in [3.8, 4) is 0 Å². The van der Waals surface area contributed by atoms with Crippen LogP contribution in [0, 0.1) is 0 Å². The molecule has 0 saturated heterocycles. The minimum absolute atomic E-state index is 0.387. The molecule has 0 saturated carbocycles. The van der Waals surface area contributed by atoms with Crippen LogP contribution in [0.5, 0.6) is 0 Å². The zero-order valence-corrected chi connectivity index (χ0v) is 11.5. The van der Waals surface area contributed by atoms with Crippen molar-refractivity contribution in [3.63, 3.8) is 0 Å². The van der Waals surface area contributed by atoms with Gasteiger partial charge < -0.3 is 14.6 Å². The number of halogens is 1. The van der Waals surface area contributed by atoms with E-state index >= 15 is 0 Å². The Bertz CT molecular complexity index is 499. The van der Waals surface area contributed by atoms with Crippen LogP contribution in [0.2, 0.25) is 5.02 Å². The van der Waals surface area contributed by atoms with Gasteiger partial charge >= 0.3 is 0 Å². The minimum atomic E-state index is 0.387. The van der Waals surface area contributed by atoms with Crippen LogP contribution in [0.15, 0.2) is 28.8 Å². The summed E-state index contributed by atoms with van der Waals surface area (Å²) in [5.74, 6) is 1.10. The zero-order chi connectivity index (χ0) is 13.5. The van der Waals surface area contributed by atoms with Crippen molar-refractivity contribution >= 4 is 17.3 Å². The molecule has 2 aromatic rings. The zero-order valence-electron chi connectivity index (χ0n) is 10.7. The molecule has 6 heteroatoms. The second-order valence-corrected chi connectivity index (χ2v) is 4.45. The van der Waals surface area contributed by atoms with Crippen molar-refractivity contribution in [2.24, 2.45) is 0 Å². The number of nitrogens with zero attached hydrogens (tertiary/aromatic N) is 2. The molecule has 5 nitrogen and oxygen atoms in total. The second-order valence-electron chi connectivity index (χ2n) is 4.02. The Kier molecular flexibility index (Phi) is 5.18. The van der Waals surface area contributed by atoms with Gasteiger partial charge in [0, 0.05) is 17.3 Å². The van der Waals surface area contributed by atoms with Crippen LogP contribution in [-0.4, -0.2) is 16.7 Å². The number of hydrogen-bond acceptors (Lipinski definition) is 5. The van der Waals surface area contributed by atoms with E-state index in [1.54, 1.807) is 0 Å². The Morgan fingerprint density at radius 3 is 2.84 bits per heavy atom. The van der Waals surface area contributed by atoms with Gasteiger partial charge in [-0.1, -0.05) is 23.7 Å². The normalized spacial score (nSPS) is 10.6. The smallest absolute Gasteiger partial charge is 0.246 e. The van der Waals surface area contributed by atoms with Gasteiger partial charge in [0.2, 0.25) is 5.89 Å². The quantitative estimate of drug-likeness (QED) is 0.789. The van der Waals surface area contributed by atoms with Gasteiger partial charge in [-0.25, -0.2) is 0 Å². The van der Waals surface area contributed by atoms with Crippen molar-refractivity contribution in [3.05, 3.63) is 41.0 Å². The SMILES string of the molecule is CCCOCc1noc(CNc2ccc(Cl)cc2)n1. The first-order valence-corrected chi connectivity index (χ1v) is 6.54. The van der Waals surface area contributed by atoms with Gasteiger partial charge in [0.05, 0.1) is 6.54 Å². The number of rotatable bonds is 7.